The summed E-state index contributed by atoms with van der Waals surface area (Å²) >= 11 is 0. The van der Waals surface area contributed by atoms with E-state index >= 15 is 0 Å². The summed E-state index contributed by atoms with van der Waals surface area (Å²) in [4.78, 5) is 20.4. The zero-order valence-electron chi connectivity index (χ0n) is 6.64. The van der Waals surface area contributed by atoms with E-state index in [1.165, 1.54) is 6.92 Å². The van der Waals surface area contributed by atoms with Crippen LogP contribution in [-0.2, 0) is 9.59 Å². The third-order valence-electron chi connectivity index (χ3n) is 1.20. The number of carbonyl (C=O) groups is 2. The van der Waals surface area contributed by atoms with E-state index in [4.69, 9.17) is 5.73 Å². The Labute approximate surface area is 66.1 Å². The van der Waals surface area contributed by atoms with Gasteiger partial charge >= 0.3 is 0 Å². The molecule has 0 aliphatic carbocycles. The lowest BCUT2D eigenvalue weighted by Crippen LogP contribution is -2.20. The van der Waals surface area contributed by atoms with Crippen LogP contribution in [0.2, 0.25) is 0 Å². The van der Waals surface area contributed by atoms with Crippen molar-refractivity contribution in [2.75, 3.05) is 6.54 Å². The Kier molecular flexibility index (Phi) is 5.15. The van der Waals surface area contributed by atoms with Gasteiger partial charge in [-0.1, -0.05) is 0 Å². The largest absolute Gasteiger partial charge is 0.356 e. The third kappa shape index (κ3) is 8.94. The zero-order chi connectivity index (χ0) is 8.69. The van der Waals surface area contributed by atoms with Gasteiger partial charge in [0.05, 0.1) is 0 Å². The molecule has 0 atom stereocenters. The number of unbranched alkanes of at least 4 members (excludes halogenated alkanes) is 1. The molecule has 0 unspecified atom stereocenters. The fraction of sp³-hybridized carbons (Fsp3) is 0.714. The molecule has 1 radical (unpaired) electrons. The summed E-state index contributed by atoms with van der Waals surface area (Å²) in [6.07, 6.45) is 1.74. The van der Waals surface area contributed by atoms with Gasteiger partial charge in [0.1, 0.15) is 0 Å². The van der Waals surface area contributed by atoms with Crippen molar-refractivity contribution in [3.8, 4) is 0 Å². The highest BCUT2D eigenvalue weighted by molar-refractivity contribution is 5.73. The van der Waals surface area contributed by atoms with Gasteiger partial charge in [0.25, 0.3) is 0 Å². The van der Waals surface area contributed by atoms with Crippen molar-refractivity contribution in [2.45, 2.75) is 26.2 Å². The minimum atomic E-state index is -0.534. The van der Waals surface area contributed by atoms with Gasteiger partial charge in [-0.15, -0.1) is 0 Å². The molecule has 0 aliphatic rings. The molecule has 0 aromatic rings. The standard InChI is InChI=1S/C7H13N2O2/c1-6(10)9-5-3-2-4-7(8)11/h8H,2-5H2,1H3,(H,9,10). The summed E-state index contributed by atoms with van der Waals surface area (Å²) in [7, 11) is 0. The van der Waals surface area contributed by atoms with Gasteiger partial charge in [-0.25, -0.2) is 0 Å². The average molecular weight is 157 g/mol. The van der Waals surface area contributed by atoms with E-state index in [-0.39, 0.29) is 5.91 Å². The molecule has 63 valence electrons. The number of amides is 2. The lowest BCUT2D eigenvalue weighted by atomic mass is 10.2. The van der Waals surface area contributed by atoms with Crippen molar-refractivity contribution in [1.29, 1.82) is 0 Å². The van der Waals surface area contributed by atoms with Crippen LogP contribution >= 0.6 is 0 Å². The monoisotopic (exact) mass is 157 g/mol. The van der Waals surface area contributed by atoms with Crippen molar-refractivity contribution in [3.05, 3.63) is 0 Å². The van der Waals surface area contributed by atoms with Crippen LogP contribution in [0, 0.1) is 0 Å². The number of rotatable bonds is 5. The van der Waals surface area contributed by atoms with Gasteiger partial charge in [-0.2, -0.15) is 0 Å². The van der Waals surface area contributed by atoms with Crippen LogP contribution in [0.25, 0.3) is 0 Å². The van der Waals surface area contributed by atoms with E-state index < -0.39 is 5.91 Å². The quantitative estimate of drug-likeness (QED) is 0.575. The molecule has 0 aliphatic heterocycles. The van der Waals surface area contributed by atoms with E-state index in [0.717, 1.165) is 6.42 Å². The van der Waals surface area contributed by atoms with Crippen LogP contribution in [0.4, 0.5) is 0 Å². The first-order chi connectivity index (χ1) is 5.13. The summed E-state index contributed by atoms with van der Waals surface area (Å²) in [6.45, 7) is 2.05. The van der Waals surface area contributed by atoms with Crippen LogP contribution in [0.3, 0.4) is 0 Å². The Balaban J connectivity index is 3.03. The highest BCUT2D eigenvalue weighted by atomic mass is 16.1. The van der Waals surface area contributed by atoms with Gasteiger partial charge < -0.3 is 5.32 Å². The molecule has 0 saturated heterocycles. The van der Waals surface area contributed by atoms with E-state index in [1.54, 1.807) is 0 Å². The molecule has 4 nitrogen and oxygen atoms in total. The fourth-order valence-corrected chi connectivity index (χ4v) is 0.675. The first kappa shape index (κ1) is 9.94. The summed E-state index contributed by atoms with van der Waals surface area (Å²) in [5.74, 6) is -0.588. The van der Waals surface area contributed by atoms with E-state index in [2.05, 4.69) is 5.32 Å². The van der Waals surface area contributed by atoms with Crippen LogP contribution in [0.5, 0.6) is 0 Å². The van der Waals surface area contributed by atoms with Gasteiger partial charge in [0, 0.05) is 19.9 Å². The Morgan fingerprint density at radius 1 is 1.36 bits per heavy atom. The maximum absolute atomic E-state index is 10.3. The lowest BCUT2D eigenvalue weighted by Gasteiger charge is -1.99. The molecule has 0 heterocycles. The molecule has 4 heteroatoms. The maximum Gasteiger partial charge on any atom is 0.238 e. The molecule has 0 bridgehead atoms. The number of nitrogens with one attached hydrogen (secondary N) is 2. The Bertz CT molecular complexity index is 129. The van der Waals surface area contributed by atoms with Crippen LogP contribution in [-0.4, -0.2) is 18.4 Å². The van der Waals surface area contributed by atoms with Gasteiger partial charge in [-0.3, -0.25) is 15.3 Å². The van der Waals surface area contributed by atoms with Crippen LogP contribution < -0.4 is 11.1 Å². The van der Waals surface area contributed by atoms with Crippen molar-refractivity contribution < 1.29 is 9.59 Å². The third-order valence-corrected chi connectivity index (χ3v) is 1.20. The van der Waals surface area contributed by atoms with E-state index in [0.29, 0.717) is 19.4 Å². The molecule has 2 N–H and O–H groups in total. The SMILES string of the molecule is CC(=O)NCCCCC([NH])=O. The minimum Gasteiger partial charge on any atom is -0.356 e. The van der Waals surface area contributed by atoms with Crippen molar-refractivity contribution >= 4 is 11.8 Å². The van der Waals surface area contributed by atoms with Gasteiger partial charge in [-0.05, 0) is 12.8 Å². The minimum absolute atomic E-state index is 0.0535. The predicted molar refractivity (Wildman–Crippen MR) is 40.6 cm³/mol. The molecule has 0 fully saturated rings. The molecule has 0 spiro atoms. The number of hydrogen-bond acceptors (Lipinski definition) is 2. The van der Waals surface area contributed by atoms with Gasteiger partial charge in [0.2, 0.25) is 11.8 Å². The Hall–Kier alpha value is -1.06. The van der Waals surface area contributed by atoms with Crippen LogP contribution in [0.15, 0.2) is 0 Å². The highest BCUT2D eigenvalue weighted by Crippen LogP contribution is 1.92. The Morgan fingerprint density at radius 3 is 2.45 bits per heavy atom. The topological polar surface area (TPSA) is 70.0 Å². The number of hydrogen-bond donors (Lipinski definition) is 1. The fourth-order valence-electron chi connectivity index (χ4n) is 0.675. The second kappa shape index (κ2) is 5.70. The number of carbonyl (C=O) groups excluding carboxylic acids is 2. The Morgan fingerprint density at radius 2 is 2.00 bits per heavy atom. The van der Waals surface area contributed by atoms with Crippen molar-refractivity contribution in [1.82, 2.24) is 11.1 Å². The van der Waals surface area contributed by atoms with E-state index in [9.17, 15) is 9.59 Å². The molecule has 0 saturated carbocycles. The van der Waals surface area contributed by atoms with Crippen LogP contribution in [0.1, 0.15) is 26.2 Å². The first-order valence-corrected chi connectivity index (χ1v) is 3.62. The summed E-state index contributed by atoms with van der Waals surface area (Å²) < 4.78 is 0. The predicted octanol–water partition coefficient (Wildman–Crippen LogP) is 0.102. The summed E-state index contributed by atoms with van der Waals surface area (Å²) in [5, 5.41) is 2.61. The molecular formula is C7H13N2O2. The van der Waals surface area contributed by atoms with Gasteiger partial charge in [0.15, 0.2) is 0 Å². The molecule has 11 heavy (non-hydrogen) atoms. The normalized spacial score (nSPS) is 9.18. The molecule has 0 aromatic carbocycles. The molecule has 2 amide bonds. The van der Waals surface area contributed by atoms with Crippen molar-refractivity contribution in [3.63, 3.8) is 0 Å². The lowest BCUT2D eigenvalue weighted by molar-refractivity contribution is -0.119. The molecule has 0 rings (SSSR count). The average Bonchev–Trinajstić information content (AvgIpc) is 1.85. The zero-order valence-corrected chi connectivity index (χ0v) is 6.64. The summed E-state index contributed by atoms with van der Waals surface area (Å²) in [6, 6.07) is 0. The molecular weight excluding hydrogens is 144 g/mol. The smallest absolute Gasteiger partial charge is 0.238 e. The van der Waals surface area contributed by atoms with E-state index in [1.807, 2.05) is 0 Å². The second-order valence-corrected chi connectivity index (χ2v) is 2.36. The molecule has 0 aromatic heterocycles. The maximum atomic E-state index is 10.3. The first-order valence-electron chi connectivity index (χ1n) is 3.62. The summed E-state index contributed by atoms with van der Waals surface area (Å²) in [5.41, 5.74) is 6.57. The van der Waals surface area contributed by atoms with Crippen molar-refractivity contribution in [2.24, 2.45) is 0 Å². The highest BCUT2D eigenvalue weighted by Gasteiger charge is 1.95. The second-order valence-electron chi connectivity index (χ2n) is 2.36.